The molecular weight excluding hydrogens is 206 g/mol. The van der Waals surface area contributed by atoms with E-state index in [1.54, 1.807) is 4.90 Å². The second-order valence-corrected chi connectivity index (χ2v) is 4.65. The van der Waals surface area contributed by atoms with Crippen LogP contribution in [-0.2, 0) is 9.59 Å². The van der Waals surface area contributed by atoms with Gasteiger partial charge in [0, 0.05) is 32.6 Å². The van der Waals surface area contributed by atoms with Gasteiger partial charge in [-0.1, -0.05) is 0 Å². The van der Waals surface area contributed by atoms with Crippen molar-refractivity contribution in [3.63, 3.8) is 0 Å². The predicted octanol–water partition coefficient (Wildman–Crippen LogP) is -0.525. The number of likely N-dealkylation sites (N-methyl/N-ethyl adjacent to an activating group) is 1. The molecule has 5 heteroatoms. The predicted molar refractivity (Wildman–Crippen MR) is 59.8 cm³/mol. The number of likely N-dealkylation sites (tertiary alicyclic amines) is 1. The topological polar surface area (TPSA) is 61.4 Å². The maximum atomic E-state index is 11.5. The molecule has 1 saturated heterocycles. The molecule has 0 aromatic rings. The van der Waals surface area contributed by atoms with Crippen molar-refractivity contribution in [3.8, 4) is 0 Å². The average Bonchev–Trinajstić information content (AvgIpc) is 3.00. The van der Waals surface area contributed by atoms with Crippen LogP contribution in [0.2, 0.25) is 0 Å². The molecule has 2 aliphatic rings. The Bertz CT molecular complexity index is 289. The minimum Gasteiger partial charge on any atom is -0.353 e. The molecule has 1 saturated carbocycles. The van der Waals surface area contributed by atoms with E-state index in [9.17, 15) is 9.59 Å². The van der Waals surface area contributed by atoms with Crippen molar-refractivity contribution < 1.29 is 9.59 Å². The van der Waals surface area contributed by atoms with Crippen LogP contribution in [0.15, 0.2) is 0 Å². The highest BCUT2D eigenvalue weighted by Gasteiger charge is 2.28. The summed E-state index contributed by atoms with van der Waals surface area (Å²) >= 11 is 0. The molecule has 0 radical (unpaired) electrons. The Hall–Kier alpha value is -1.10. The van der Waals surface area contributed by atoms with Crippen molar-refractivity contribution in [1.29, 1.82) is 0 Å². The first kappa shape index (κ1) is 11.4. The van der Waals surface area contributed by atoms with Crippen LogP contribution in [0.3, 0.4) is 0 Å². The molecule has 0 spiro atoms. The fourth-order valence-electron chi connectivity index (χ4n) is 1.90. The Labute approximate surface area is 95.6 Å². The average molecular weight is 225 g/mol. The third kappa shape index (κ3) is 2.95. The molecule has 90 valence electrons. The Balaban J connectivity index is 1.60. The molecule has 2 fully saturated rings. The zero-order valence-corrected chi connectivity index (χ0v) is 9.66. The summed E-state index contributed by atoms with van der Waals surface area (Å²) in [6, 6.07) is 0.338. The fourth-order valence-corrected chi connectivity index (χ4v) is 1.90. The molecule has 1 unspecified atom stereocenters. The van der Waals surface area contributed by atoms with Gasteiger partial charge in [0.05, 0.1) is 6.04 Å². The first-order valence-corrected chi connectivity index (χ1v) is 5.94. The number of hydrogen-bond donors (Lipinski definition) is 2. The van der Waals surface area contributed by atoms with Gasteiger partial charge < -0.3 is 15.5 Å². The molecule has 0 aromatic carbocycles. The molecule has 0 aromatic heterocycles. The van der Waals surface area contributed by atoms with E-state index in [1.165, 1.54) is 0 Å². The molecule has 2 N–H and O–H groups in total. The van der Waals surface area contributed by atoms with E-state index in [-0.39, 0.29) is 17.9 Å². The number of nitrogens with zero attached hydrogens (tertiary/aromatic N) is 1. The van der Waals surface area contributed by atoms with Gasteiger partial charge in [0.2, 0.25) is 11.8 Å². The minimum atomic E-state index is -0.0845. The van der Waals surface area contributed by atoms with Crippen molar-refractivity contribution in [2.45, 2.75) is 37.8 Å². The van der Waals surface area contributed by atoms with Gasteiger partial charge in [-0.25, -0.2) is 0 Å². The van der Waals surface area contributed by atoms with Crippen LogP contribution >= 0.6 is 0 Å². The third-order valence-corrected chi connectivity index (χ3v) is 3.11. The van der Waals surface area contributed by atoms with Gasteiger partial charge in [-0.2, -0.15) is 0 Å². The lowest BCUT2D eigenvalue weighted by atomic mass is 10.2. The monoisotopic (exact) mass is 225 g/mol. The molecule has 1 heterocycles. The van der Waals surface area contributed by atoms with Crippen LogP contribution in [0.4, 0.5) is 0 Å². The van der Waals surface area contributed by atoms with Gasteiger partial charge in [-0.05, 0) is 19.3 Å². The molecular formula is C11H19N3O2. The van der Waals surface area contributed by atoms with Crippen molar-refractivity contribution >= 4 is 11.8 Å². The highest BCUT2D eigenvalue weighted by molar-refractivity contribution is 5.83. The summed E-state index contributed by atoms with van der Waals surface area (Å²) in [7, 11) is 1.81. The van der Waals surface area contributed by atoms with Gasteiger partial charge in [-0.3, -0.25) is 9.59 Å². The zero-order valence-electron chi connectivity index (χ0n) is 9.66. The van der Waals surface area contributed by atoms with Gasteiger partial charge in [-0.15, -0.1) is 0 Å². The maximum Gasteiger partial charge on any atom is 0.239 e. The van der Waals surface area contributed by atoms with Crippen molar-refractivity contribution in [3.05, 3.63) is 0 Å². The molecule has 0 bridgehead atoms. The van der Waals surface area contributed by atoms with Crippen molar-refractivity contribution in [1.82, 2.24) is 15.5 Å². The molecule has 1 aliphatic carbocycles. The quantitative estimate of drug-likeness (QED) is 0.661. The maximum absolute atomic E-state index is 11.5. The largest absolute Gasteiger partial charge is 0.353 e. The summed E-state index contributed by atoms with van der Waals surface area (Å²) < 4.78 is 0. The lowest BCUT2D eigenvalue weighted by Gasteiger charge is -2.11. The summed E-state index contributed by atoms with van der Waals surface area (Å²) in [6.45, 7) is 1.40. The van der Waals surface area contributed by atoms with Crippen LogP contribution in [0.5, 0.6) is 0 Å². The van der Waals surface area contributed by atoms with Gasteiger partial charge in [0.25, 0.3) is 0 Å². The molecule has 2 rings (SSSR count). The van der Waals surface area contributed by atoms with Gasteiger partial charge in [0.15, 0.2) is 0 Å². The normalized spacial score (nSPS) is 24.9. The van der Waals surface area contributed by atoms with Crippen molar-refractivity contribution in [2.24, 2.45) is 0 Å². The second kappa shape index (κ2) is 4.82. The fraction of sp³-hybridized carbons (Fsp3) is 0.818. The number of carbonyl (C=O) groups excluding carboxylic acids is 2. The Morgan fingerprint density at radius 1 is 1.44 bits per heavy atom. The molecule has 1 atom stereocenters. The lowest BCUT2D eigenvalue weighted by Crippen LogP contribution is -2.39. The number of hydrogen-bond acceptors (Lipinski definition) is 3. The Kier molecular flexibility index (Phi) is 3.43. The standard InChI is InChI=1S/C11H19N3O2/c1-14-7-5-9(11(14)16)12-6-4-10(15)13-8-2-3-8/h8-9,12H,2-7H2,1H3,(H,13,15). The summed E-state index contributed by atoms with van der Waals surface area (Å²) in [6.07, 6.45) is 3.54. The van der Waals surface area contributed by atoms with Crippen LogP contribution < -0.4 is 10.6 Å². The van der Waals surface area contributed by atoms with E-state index < -0.39 is 0 Å². The van der Waals surface area contributed by atoms with E-state index in [4.69, 9.17) is 0 Å². The van der Waals surface area contributed by atoms with Crippen LogP contribution in [-0.4, -0.2) is 48.9 Å². The third-order valence-electron chi connectivity index (χ3n) is 3.11. The highest BCUT2D eigenvalue weighted by Crippen LogP contribution is 2.18. The smallest absolute Gasteiger partial charge is 0.239 e. The number of nitrogens with one attached hydrogen (secondary N) is 2. The first-order chi connectivity index (χ1) is 7.66. The zero-order chi connectivity index (χ0) is 11.5. The van der Waals surface area contributed by atoms with E-state index in [0.717, 1.165) is 25.8 Å². The Morgan fingerprint density at radius 2 is 2.19 bits per heavy atom. The highest BCUT2D eigenvalue weighted by atomic mass is 16.2. The number of carbonyl (C=O) groups is 2. The molecule has 5 nitrogen and oxygen atoms in total. The summed E-state index contributed by atoms with van der Waals surface area (Å²) in [5.74, 6) is 0.233. The molecule has 1 aliphatic heterocycles. The summed E-state index contributed by atoms with van der Waals surface area (Å²) in [4.78, 5) is 24.6. The van der Waals surface area contributed by atoms with Crippen LogP contribution in [0.1, 0.15) is 25.7 Å². The van der Waals surface area contributed by atoms with E-state index in [2.05, 4.69) is 10.6 Å². The summed E-state index contributed by atoms with van der Waals surface area (Å²) in [5.41, 5.74) is 0. The first-order valence-electron chi connectivity index (χ1n) is 5.94. The SMILES string of the molecule is CN1CCC(NCCC(=O)NC2CC2)C1=O. The van der Waals surface area contributed by atoms with Crippen LogP contribution in [0.25, 0.3) is 0 Å². The van der Waals surface area contributed by atoms with Gasteiger partial charge in [0.1, 0.15) is 0 Å². The minimum absolute atomic E-state index is 0.0845. The lowest BCUT2D eigenvalue weighted by molar-refractivity contribution is -0.128. The van der Waals surface area contributed by atoms with Gasteiger partial charge >= 0.3 is 0 Å². The Morgan fingerprint density at radius 3 is 2.75 bits per heavy atom. The van der Waals surface area contributed by atoms with Crippen LogP contribution in [0, 0.1) is 0 Å². The van der Waals surface area contributed by atoms with E-state index >= 15 is 0 Å². The number of rotatable bonds is 5. The second-order valence-electron chi connectivity index (χ2n) is 4.65. The summed E-state index contributed by atoms with van der Waals surface area (Å²) in [5, 5.41) is 6.06. The van der Waals surface area contributed by atoms with E-state index in [0.29, 0.717) is 19.0 Å². The molecule has 16 heavy (non-hydrogen) atoms. The molecule has 2 amide bonds. The van der Waals surface area contributed by atoms with E-state index in [1.807, 2.05) is 7.05 Å². The number of amides is 2. The van der Waals surface area contributed by atoms with Crippen molar-refractivity contribution in [2.75, 3.05) is 20.1 Å².